The van der Waals surface area contributed by atoms with Crippen LogP contribution in [0.5, 0.6) is 0 Å². The number of carbonyl (C=O) groups is 1. The molecule has 0 aliphatic carbocycles. The van der Waals surface area contributed by atoms with Gasteiger partial charge in [-0.3, -0.25) is 4.79 Å². The van der Waals surface area contributed by atoms with Gasteiger partial charge in [0.1, 0.15) is 17.4 Å². The quantitative estimate of drug-likeness (QED) is 0.414. The van der Waals surface area contributed by atoms with Crippen molar-refractivity contribution < 1.29 is 13.9 Å². The molecule has 1 aromatic heterocycles. The lowest BCUT2D eigenvalue weighted by Crippen LogP contribution is -2.27. The summed E-state index contributed by atoms with van der Waals surface area (Å²) in [4.78, 5) is 11.6. The molecular formula is C13H17N3O3. The molecule has 0 radical (unpaired) electrons. The first-order chi connectivity index (χ1) is 9.27. The molecular weight excluding hydrogens is 246 g/mol. The number of methoxy groups -OCH3 is 1. The fourth-order valence-corrected chi connectivity index (χ4v) is 1.33. The van der Waals surface area contributed by atoms with E-state index < -0.39 is 5.91 Å². The maximum absolute atomic E-state index is 11.6. The smallest absolute Gasteiger partial charge is 0.263 e. The number of nitrogens with zero attached hydrogens (tertiary/aromatic N) is 1. The zero-order valence-corrected chi connectivity index (χ0v) is 10.8. The van der Waals surface area contributed by atoms with Crippen molar-refractivity contribution in [3.8, 4) is 6.07 Å². The van der Waals surface area contributed by atoms with Crippen molar-refractivity contribution in [3.05, 3.63) is 35.9 Å². The van der Waals surface area contributed by atoms with Gasteiger partial charge in [0.25, 0.3) is 5.91 Å². The third kappa shape index (κ3) is 5.75. The molecule has 0 aliphatic rings. The number of nitrogens with one attached hydrogen (secondary N) is 2. The minimum atomic E-state index is -0.398. The maximum Gasteiger partial charge on any atom is 0.263 e. The van der Waals surface area contributed by atoms with Gasteiger partial charge in [-0.25, -0.2) is 0 Å². The first-order valence-corrected chi connectivity index (χ1v) is 5.91. The van der Waals surface area contributed by atoms with E-state index in [4.69, 9.17) is 14.4 Å². The number of hydrogen-bond donors (Lipinski definition) is 2. The summed E-state index contributed by atoms with van der Waals surface area (Å²) in [5.74, 6) is 0.333. The molecule has 0 fully saturated rings. The van der Waals surface area contributed by atoms with Crippen LogP contribution in [0.4, 0.5) is 0 Å². The Balaban J connectivity index is 2.34. The fourth-order valence-electron chi connectivity index (χ4n) is 1.33. The maximum atomic E-state index is 11.6. The van der Waals surface area contributed by atoms with E-state index in [9.17, 15) is 4.79 Å². The van der Waals surface area contributed by atoms with E-state index in [2.05, 4.69) is 10.6 Å². The average molecular weight is 263 g/mol. The summed E-state index contributed by atoms with van der Waals surface area (Å²) < 4.78 is 9.98. The van der Waals surface area contributed by atoms with Gasteiger partial charge < -0.3 is 19.8 Å². The van der Waals surface area contributed by atoms with Crippen LogP contribution >= 0.6 is 0 Å². The first-order valence-electron chi connectivity index (χ1n) is 5.91. The number of carbonyl (C=O) groups excluding carboxylic acids is 1. The molecule has 102 valence electrons. The van der Waals surface area contributed by atoms with Crippen LogP contribution in [0.3, 0.4) is 0 Å². The van der Waals surface area contributed by atoms with E-state index >= 15 is 0 Å². The van der Waals surface area contributed by atoms with Crippen LogP contribution in [0.1, 0.15) is 12.2 Å². The molecule has 6 nitrogen and oxygen atoms in total. The van der Waals surface area contributed by atoms with Gasteiger partial charge in [0.15, 0.2) is 0 Å². The Hall–Kier alpha value is -2.26. The molecule has 1 aromatic rings. The minimum Gasteiger partial charge on any atom is -0.467 e. The number of nitriles is 1. The van der Waals surface area contributed by atoms with Crippen LogP contribution in [0.15, 0.2) is 34.6 Å². The lowest BCUT2D eigenvalue weighted by molar-refractivity contribution is -0.117. The van der Waals surface area contributed by atoms with E-state index in [1.807, 2.05) is 6.07 Å². The SMILES string of the molecule is COCCCNC(=O)/C(C#N)=C\NCc1ccco1. The number of amides is 1. The Bertz CT molecular complexity index is 446. The average Bonchev–Trinajstić information content (AvgIpc) is 2.92. The second-order valence-electron chi connectivity index (χ2n) is 3.73. The summed E-state index contributed by atoms with van der Waals surface area (Å²) in [5, 5.41) is 14.4. The molecule has 0 spiro atoms. The summed E-state index contributed by atoms with van der Waals surface area (Å²) in [6, 6.07) is 5.42. The molecule has 1 heterocycles. The second-order valence-corrected chi connectivity index (χ2v) is 3.73. The van der Waals surface area contributed by atoms with Crippen molar-refractivity contribution in [1.29, 1.82) is 5.26 Å². The molecule has 0 saturated heterocycles. The number of rotatable bonds is 8. The molecule has 0 atom stereocenters. The van der Waals surface area contributed by atoms with E-state index in [0.717, 1.165) is 5.76 Å². The second kappa shape index (κ2) is 8.78. The van der Waals surface area contributed by atoms with Gasteiger partial charge in [-0.15, -0.1) is 0 Å². The van der Waals surface area contributed by atoms with Gasteiger partial charge >= 0.3 is 0 Å². The molecule has 1 rings (SSSR count). The summed E-state index contributed by atoms with van der Waals surface area (Å²) in [6.45, 7) is 1.47. The number of ether oxygens (including phenoxy) is 1. The molecule has 6 heteroatoms. The lowest BCUT2D eigenvalue weighted by Gasteiger charge is -2.04. The van der Waals surface area contributed by atoms with Crippen LogP contribution < -0.4 is 10.6 Å². The standard InChI is InChI=1S/C13H17N3O3/c1-18-6-3-5-16-13(17)11(8-14)9-15-10-12-4-2-7-19-12/h2,4,7,9,15H,3,5-6,10H2,1H3,(H,16,17)/b11-9-. The molecule has 0 aliphatic heterocycles. The minimum absolute atomic E-state index is 0.0315. The Morgan fingerprint density at radius 1 is 1.63 bits per heavy atom. The van der Waals surface area contributed by atoms with Crippen molar-refractivity contribution in [2.45, 2.75) is 13.0 Å². The van der Waals surface area contributed by atoms with Crippen molar-refractivity contribution in [3.63, 3.8) is 0 Å². The topological polar surface area (TPSA) is 87.3 Å². The Labute approximate surface area is 112 Å². The predicted octanol–water partition coefficient (Wildman–Crippen LogP) is 0.929. The molecule has 1 amide bonds. The van der Waals surface area contributed by atoms with E-state index in [1.165, 1.54) is 6.20 Å². The number of furan rings is 1. The monoisotopic (exact) mass is 263 g/mol. The summed E-state index contributed by atoms with van der Waals surface area (Å²) in [5.41, 5.74) is 0.0315. The molecule has 0 aromatic carbocycles. The van der Waals surface area contributed by atoms with Gasteiger partial charge in [-0.05, 0) is 18.6 Å². The van der Waals surface area contributed by atoms with Gasteiger partial charge in [0.05, 0.1) is 12.8 Å². The highest BCUT2D eigenvalue weighted by molar-refractivity contribution is 5.97. The van der Waals surface area contributed by atoms with Crippen LogP contribution in [0.2, 0.25) is 0 Å². The van der Waals surface area contributed by atoms with E-state index in [0.29, 0.717) is 26.1 Å². The van der Waals surface area contributed by atoms with E-state index in [-0.39, 0.29) is 5.57 Å². The van der Waals surface area contributed by atoms with Crippen LogP contribution in [0, 0.1) is 11.3 Å². The zero-order chi connectivity index (χ0) is 13.9. The van der Waals surface area contributed by atoms with E-state index in [1.54, 1.807) is 25.5 Å². The predicted molar refractivity (Wildman–Crippen MR) is 68.7 cm³/mol. The highest BCUT2D eigenvalue weighted by Gasteiger charge is 2.07. The normalized spacial score (nSPS) is 10.8. The third-order valence-corrected chi connectivity index (χ3v) is 2.28. The van der Waals surface area contributed by atoms with Crippen molar-refractivity contribution in [2.75, 3.05) is 20.3 Å². The molecule has 0 saturated carbocycles. The number of hydrogen-bond acceptors (Lipinski definition) is 5. The molecule has 2 N–H and O–H groups in total. The summed E-state index contributed by atoms with van der Waals surface area (Å²) in [6.07, 6.45) is 3.66. The van der Waals surface area contributed by atoms with Gasteiger partial charge in [0, 0.05) is 26.5 Å². The summed E-state index contributed by atoms with van der Waals surface area (Å²) >= 11 is 0. The van der Waals surface area contributed by atoms with Gasteiger partial charge in [-0.2, -0.15) is 5.26 Å². The fraction of sp³-hybridized carbons (Fsp3) is 0.385. The van der Waals surface area contributed by atoms with Crippen molar-refractivity contribution in [2.24, 2.45) is 0 Å². The Morgan fingerprint density at radius 3 is 3.11 bits per heavy atom. The molecule has 0 bridgehead atoms. The van der Waals surface area contributed by atoms with Crippen molar-refractivity contribution in [1.82, 2.24) is 10.6 Å². The van der Waals surface area contributed by atoms with Crippen LogP contribution in [0.25, 0.3) is 0 Å². The zero-order valence-electron chi connectivity index (χ0n) is 10.8. The molecule has 0 unspecified atom stereocenters. The van der Waals surface area contributed by atoms with Crippen molar-refractivity contribution >= 4 is 5.91 Å². The van der Waals surface area contributed by atoms with Crippen LogP contribution in [-0.2, 0) is 16.1 Å². The van der Waals surface area contributed by atoms with Gasteiger partial charge in [0.2, 0.25) is 0 Å². The summed E-state index contributed by atoms with van der Waals surface area (Å²) in [7, 11) is 1.60. The lowest BCUT2D eigenvalue weighted by atomic mass is 10.3. The van der Waals surface area contributed by atoms with Crippen LogP contribution in [-0.4, -0.2) is 26.2 Å². The van der Waals surface area contributed by atoms with Gasteiger partial charge in [-0.1, -0.05) is 0 Å². The first kappa shape index (κ1) is 14.8. The Morgan fingerprint density at radius 2 is 2.47 bits per heavy atom. The largest absolute Gasteiger partial charge is 0.467 e. The third-order valence-electron chi connectivity index (χ3n) is 2.28. The highest BCUT2D eigenvalue weighted by Crippen LogP contribution is 1.99. The Kier molecular flexibility index (Phi) is 6.84. The molecule has 19 heavy (non-hydrogen) atoms. The highest BCUT2D eigenvalue weighted by atomic mass is 16.5.